The van der Waals surface area contributed by atoms with Crippen LogP contribution in [0, 0.1) is 11.3 Å². The second-order valence-electron chi connectivity index (χ2n) is 4.29. The van der Waals surface area contributed by atoms with E-state index in [2.05, 4.69) is 20.8 Å². The fourth-order valence-corrected chi connectivity index (χ4v) is 1.29. The molecule has 0 aromatic heterocycles. The fourth-order valence-electron chi connectivity index (χ4n) is 1.29. The summed E-state index contributed by atoms with van der Waals surface area (Å²) in [5.41, 5.74) is 0.416. The minimum Gasteiger partial charge on any atom is -0.483 e. The Balaban J connectivity index is 0.000000354. The molecule has 0 aliphatic heterocycles. The number of aliphatic hydroxyl groups excluding tert-OH is 1. The van der Waals surface area contributed by atoms with Crippen LogP contribution < -0.4 is 0 Å². The first kappa shape index (κ1) is 11.4. The van der Waals surface area contributed by atoms with E-state index in [4.69, 9.17) is 15.0 Å². The molecule has 1 aliphatic carbocycles. The third-order valence-electron chi connectivity index (χ3n) is 2.34. The summed E-state index contributed by atoms with van der Waals surface area (Å²) in [6.45, 7) is 6.47. The maximum atomic E-state index is 8.98. The molecule has 0 amide bonds. The van der Waals surface area contributed by atoms with Gasteiger partial charge in [0.05, 0.1) is 6.10 Å². The molecule has 2 N–H and O–H groups in total. The lowest BCUT2D eigenvalue weighted by atomic mass is 9.67. The van der Waals surface area contributed by atoms with Crippen molar-refractivity contribution in [2.45, 2.75) is 39.7 Å². The summed E-state index contributed by atoms with van der Waals surface area (Å²) in [5, 5.41) is 15.9. The van der Waals surface area contributed by atoms with E-state index in [0.717, 1.165) is 18.8 Å². The standard InChI is InChI=1S/C8H16O.CH2O2/c1-8(2,3)6-4-7(9)5-6;2-1-3/h6-7,9H,4-5H2,1-3H3;1H,(H,2,3). The predicted molar refractivity (Wildman–Crippen MR) is 46.9 cm³/mol. The summed E-state index contributed by atoms with van der Waals surface area (Å²) in [5.74, 6) is 0.757. The molecule has 3 nitrogen and oxygen atoms in total. The second kappa shape index (κ2) is 4.45. The maximum Gasteiger partial charge on any atom is 0.290 e. The number of rotatable bonds is 0. The average molecular weight is 174 g/mol. The van der Waals surface area contributed by atoms with E-state index in [-0.39, 0.29) is 12.6 Å². The summed E-state index contributed by atoms with van der Waals surface area (Å²) in [6.07, 6.45) is 2.04. The second-order valence-corrected chi connectivity index (χ2v) is 4.29. The van der Waals surface area contributed by atoms with E-state index < -0.39 is 0 Å². The Morgan fingerprint density at radius 2 is 1.67 bits per heavy atom. The summed E-state index contributed by atoms with van der Waals surface area (Å²) >= 11 is 0. The molecule has 0 aromatic carbocycles. The molecule has 0 radical (unpaired) electrons. The first-order valence-electron chi connectivity index (χ1n) is 4.17. The molecule has 1 rings (SSSR count). The molecular formula is C9H18O3. The summed E-state index contributed by atoms with van der Waals surface area (Å²) in [4.78, 5) is 8.36. The van der Waals surface area contributed by atoms with Crippen LogP contribution in [0.25, 0.3) is 0 Å². The van der Waals surface area contributed by atoms with Crippen LogP contribution in [0.5, 0.6) is 0 Å². The zero-order valence-corrected chi connectivity index (χ0v) is 7.95. The average Bonchev–Trinajstić information content (AvgIpc) is 1.81. The highest BCUT2D eigenvalue weighted by molar-refractivity contribution is 5.32. The Morgan fingerprint density at radius 1 is 1.33 bits per heavy atom. The highest BCUT2D eigenvalue weighted by Gasteiger charge is 2.35. The largest absolute Gasteiger partial charge is 0.483 e. The van der Waals surface area contributed by atoms with Crippen LogP contribution in [0.4, 0.5) is 0 Å². The third-order valence-corrected chi connectivity index (χ3v) is 2.34. The topological polar surface area (TPSA) is 57.5 Å². The van der Waals surface area contributed by atoms with E-state index in [1.807, 2.05) is 0 Å². The van der Waals surface area contributed by atoms with Crippen molar-refractivity contribution in [2.24, 2.45) is 11.3 Å². The minimum absolute atomic E-state index is 0.00854. The van der Waals surface area contributed by atoms with Crippen LogP contribution >= 0.6 is 0 Å². The van der Waals surface area contributed by atoms with Crippen molar-refractivity contribution >= 4 is 6.47 Å². The quantitative estimate of drug-likeness (QED) is 0.547. The summed E-state index contributed by atoms with van der Waals surface area (Å²) in [6, 6.07) is 0. The summed E-state index contributed by atoms with van der Waals surface area (Å²) in [7, 11) is 0. The molecule has 0 aromatic rings. The van der Waals surface area contributed by atoms with Gasteiger partial charge in [0.2, 0.25) is 0 Å². The number of carboxylic acid groups (broad SMARTS) is 1. The fraction of sp³-hybridized carbons (Fsp3) is 0.889. The SMILES string of the molecule is CC(C)(C)C1CC(O)C1.O=CO. The molecule has 0 saturated heterocycles. The smallest absolute Gasteiger partial charge is 0.290 e. The number of hydrogen-bond donors (Lipinski definition) is 2. The monoisotopic (exact) mass is 174 g/mol. The van der Waals surface area contributed by atoms with Crippen molar-refractivity contribution in [3.05, 3.63) is 0 Å². The van der Waals surface area contributed by atoms with Crippen molar-refractivity contribution in [3.63, 3.8) is 0 Å². The molecule has 0 bridgehead atoms. The van der Waals surface area contributed by atoms with Gasteiger partial charge in [-0.25, -0.2) is 0 Å². The molecule has 0 atom stereocenters. The molecule has 1 aliphatic rings. The molecule has 12 heavy (non-hydrogen) atoms. The van der Waals surface area contributed by atoms with Gasteiger partial charge in [-0.3, -0.25) is 4.79 Å². The van der Waals surface area contributed by atoms with Crippen molar-refractivity contribution in [2.75, 3.05) is 0 Å². The van der Waals surface area contributed by atoms with Crippen molar-refractivity contribution in [1.82, 2.24) is 0 Å². The molecule has 1 saturated carbocycles. The minimum atomic E-state index is -0.250. The van der Waals surface area contributed by atoms with Crippen LogP contribution in [-0.4, -0.2) is 22.8 Å². The van der Waals surface area contributed by atoms with Crippen molar-refractivity contribution < 1.29 is 15.0 Å². The lowest BCUT2D eigenvalue weighted by Crippen LogP contribution is -2.37. The van der Waals surface area contributed by atoms with Gasteiger partial charge in [0.1, 0.15) is 0 Å². The number of carbonyl (C=O) groups is 1. The van der Waals surface area contributed by atoms with E-state index in [0.29, 0.717) is 5.41 Å². The highest BCUT2D eigenvalue weighted by Crippen LogP contribution is 2.41. The molecule has 0 unspecified atom stereocenters. The Hall–Kier alpha value is -0.570. The van der Waals surface area contributed by atoms with Gasteiger partial charge in [-0.05, 0) is 24.2 Å². The highest BCUT2D eigenvalue weighted by atomic mass is 16.3. The van der Waals surface area contributed by atoms with Gasteiger partial charge >= 0.3 is 0 Å². The van der Waals surface area contributed by atoms with E-state index >= 15 is 0 Å². The molecular weight excluding hydrogens is 156 g/mol. The van der Waals surface area contributed by atoms with E-state index in [9.17, 15) is 0 Å². The van der Waals surface area contributed by atoms with Crippen LogP contribution in [-0.2, 0) is 4.79 Å². The normalized spacial score (nSPS) is 28.0. The van der Waals surface area contributed by atoms with Crippen molar-refractivity contribution in [3.8, 4) is 0 Å². The Kier molecular flexibility index (Phi) is 4.24. The van der Waals surface area contributed by atoms with Crippen LogP contribution in [0.15, 0.2) is 0 Å². The maximum absolute atomic E-state index is 8.98. The zero-order chi connectivity index (χ0) is 9.78. The van der Waals surface area contributed by atoms with Crippen LogP contribution in [0.3, 0.4) is 0 Å². The molecule has 3 heteroatoms. The van der Waals surface area contributed by atoms with Gasteiger partial charge in [-0.1, -0.05) is 20.8 Å². The zero-order valence-electron chi connectivity index (χ0n) is 7.95. The van der Waals surface area contributed by atoms with Crippen LogP contribution in [0.1, 0.15) is 33.6 Å². The van der Waals surface area contributed by atoms with Gasteiger partial charge in [-0.15, -0.1) is 0 Å². The Bertz CT molecular complexity index is 131. The molecule has 1 fully saturated rings. The van der Waals surface area contributed by atoms with Gasteiger partial charge in [0.15, 0.2) is 0 Å². The summed E-state index contributed by atoms with van der Waals surface area (Å²) < 4.78 is 0. The first-order chi connectivity index (χ1) is 5.41. The molecule has 72 valence electrons. The number of hydrogen-bond acceptors (Lipinski definition) is 2. The first-order valence-corrected chi connectivity index (χ1v) is 4.17. The predicted octanol–water partition coefficient (Wildman–Crippen LogP) is 1.50. The van der Waals surface area contributed by atoms with Gasteiger partial charge in [0, 0.05) is 0 Å². The Labute approximate surface area is 73.4 Å². The lowest BCUT2D eigenvalue weighted by molar-refractivity contribution is -0.122. The molecule has 0 spiro atoms. The van der Waals surface area contributed by atoms with E-state index in [1.54, 1.807) is 0 Å². The lowest BCUT2D eigenvalue weighted by Gasteiger charge is -2.41. The third kappa shape index (κ3) is 3.72. The molecule has 0 heterocycles. The van der Waals surface area contributed by atoms with Gasteiger partial charge in [-0.2, -0.15) is 0 Å². The van der Waals surface area contributed by atoms with Gasteiger partial charge < -0.3 is 10.2 Å². The number of aliphatic hydroxyl groups is 1. The van der Waals surface area contributed by atoms with E-state index in [1.165, 1.54) is 0 Å². The van der Waals surface area contributed by atoms with Crippen molar-refractivity contribution in [1.29, 1.82) is 0 Å². The van der Waals surface area contributed by atoms with Gasteiger partial charge in [0.25, 0.3) is 6.47 Å². The van der Waals surface area contributed by atoms with Crippen LogP contribution in [0.2, 0.25) is 0 Å². The Morgan fingerprint density at radius 3 is 1.75 bits per heavy atom.